The van der Waals surface area contributed by atoms with Gasteiger partial charge in [-0.15, -0.1) is 0 Å². The third-order valence-corrected chi connectivity index (χ3v) is 3.00. The highest BCUT2D eigenvalue weighted by Gasteiger charge is 2.19. The first-order valence-corrected chi connectivity index (χ1v) is 4.83. The molecule has 1 aromatic rings. The Morgan fingerprint density at radius 3 is 2.92 bits per heavy atom. The number of carbonyl (C=O) groups excluding carboxylic acids is 2. The van der Waals surface area contributed by atoms with Crippen LogP contribution in [0.4, 0.5) is 0 Å². The number of fused-ring (bicyclic) bond motifs is 1. The summed E-state index contributed by atoms with van der Waals surface area (Å²) < 4.78 is 0. The molecule has 0 unspecified atom stereocenters. The van der Waals surface area contributed by atoms with Gasteiger partial charge in [0.1, 0.15) is 0 Å². The van der Waals surface area contributed by atoms with Gasteiger partial charge in [0.15, 0.2) is 10.9 Å². The normalized spacial score (nSPS) is 14.4. The van der Waals surface area contributed by atoms with E-state index in [0.29, 0.717) is 12.0 Å². The molecule has 2 nitrogen and oxygen atoms in total. The summed E-state index contributed by atoms with van der Waals surface area (Å²) >= 11 is 1.23. The molecule has 2 rings (SSSR count). The average Bonchev–Trinajstić information content (AvgIpc) is 2.42. The fourth-order valence-corrected chi connectivity index (χ4v) is 2.26. The number of thioether (sulfide) groups is 1. The number of ketones is 1. The number of rotatable bonds is 1. The van der Waals surface area contributed by atoms with E-state index in [1.165, 1.54) is 18.7 Å². The molecular weight excluding hydrogens is 184 g/mol. The lowest BCUT2D eigenvalue weighted by atomic mass is 10.1. The van der Waals surface area contributed by atoms with Crippen molar-refractivity contribution in [1.82, 2.24) is 0 Å². The van der Waals surface area contributed by atoms with Gasteiger partial charge >= 0.3 is 0 Å². The first kappa shape index (κ1) is 8.51. The zero-order valence-electron chi connectivity index (χ0n) is 7.16. The molecule has 1 aromatic carbocycles. The summed E-state index contributed by atoms with van der Waals surface area (Å²) in [4.78, 5) is 23.0. The van der Waals surface area contributed by atoms with Crippen LogP contribution >= 0.6 is 11.8 Å². The molecule has 0 aliphatic carbocycles. The van der Waals surface area contributed by atoms with Gasteiger partial charge in [-0.05, 0) is 18.6 Å². The molecule has 0 atom stereocenters. The third-order valence-electron chi connectivity index (χ3n) is 2.03. The summed E-state index contributed by atoms with van der Waals surface area (Å²) in [5.74, 6) is 0.0442. The van der Waals surface area contributed by atoms with Gasteiger partial charge in [-0.25, -0.2) is 0 Å². The first-order valence-electron chi connectivity index (χ1n) is 4.01. The van der Waals surface area contributed by atoms with Crippen LogP contribution in [0, 0.1) is 0 Å². The first-order chi connectivity index (χ1) is 6.16. The Bertz CT molecular complexity index is 396. The Kier molecular flexibility index (Phi) is 1.96. The van der Waals surface area contributed by atoms with Crippen LogP contribution in [0.2, 0.25) is 0 Å². The Labute approximate surface area is 80.3 Å². The molecule has 0 saturated carbocycles. The molecule has 0 bridgehead atoms. The predicted octanol–water partition coefficient (Wildman–Crippen LogP) is 2.06. The van der Waals surface area contributed by atoms with Gasteiger partial charge in [0.05, 0.1) is 0 Å². The van der Waals surface area contributed by atoms with Gasteiger partial charge < -0.3 is 0 Å². The maximum atomic E-state index is 11.1. The molecule has 66 valence electrons. The van der Waals surface area contributed by atoms with Crippen molar-refractivity contribution in [2.24, 2.45) is 0 Å². The van der Waals surface area contributed by atoms with Crippen molar-refractivity contribution in [1.29, 1.82) is 0 Å². The van der Waals surface area contributed by atoms with Crippen molar-refractivity contribution < 1.29 is 9.59 Å². The predicted molar refractivity (Wildman–Crippen MR) is 51.0 cm³/mol. The highest BCUT2D eigenvalue weighted by atomic mass is 32.2. The molecule has 0 fully saturated rings. The van der Waals surface area contributed by atoms with Gasteiger partial charge in [0.25, 0.3) is 0 Å². The van der Waals surface area contributed by atoms with Crippen molar-refractivity contribution in [3.05, 3.63) is 29.3 Å². The van der Waals surface area contributed by atoms with E-state index in [4.69, 9.17) is 0 Å². The Hall–Kier alpha value is -1.09. The van der Waals surface area contributed by atoms with E-state index in [9.17, 15) is 9.59 Å². The molecule has 0 amide bonds. The van der Waals surface area contributed by atoms with Gasteiger partial charge in [-0.2, -0.15) is 0 Å². The molecule has 3 heteroatoms. The highest BCUT2D eigenvalue weighted by molar-refractivity contribution is 8.14. The smallest absolute Gasteiger partial charge is 0.198 e. The van der Waals surface area contributed by atoms with Crippen LogP contribution < -0.4 is 0 Å². The van der Waals surface area contributed by atoms with Crippen LogP contribution in [-0.2, 0) is 11.2 Å². The van der Waals surface area contributed by atoms with Crippen LogP contribution in [0.5, 0.6) is 0 Å². The molecular formula is C10H8O2S. The lowest BCUT2D eigenvalue weighted by Crippen LogP contribution is -1.92. The van der Waals surface area contributed by atoms with Crippen molar-refractivity contribution >= 4 is 22.7 Å². The molecule has 0 N–H and O–H groups in total. The van der Waals surface area contributed by atoms with Crippen molar-refractivity contribution in [2.75, 3.05) is 0 Å². The lowest BCUT2D eigenvalue weighted by Gasteiger charge is -1.98. The minimum atomic E-state index is 0.0442. The molecule has 0 aromatic heterocycles. The highest BCUT2D eigenvalue weighted by Crippen LogP contribution is 2.33. The zero-order chi connectivity index (χ0) is 9.42. The maximum Gasteiger partial charge on any atom is 0.198 e. The van der Waals surface area contributed by atoms with E-state index in [1.807, 2.05) is 6.07 Å². The number of Topliss-reactive ketones (excluding diaryl/α,β-unsaturated/α-hetero) is 1. The van der Waals surface area contributed by atoms with Crippen LogP contribution in [-0.4, -0.2) is 10.9 Å². The summed E-state index contributed by atoms with van der Waals surface area (Å²) in [6, 6.07) is 5.44. The molecule has 1 aliphatic rings. The Morgan fingerprint density at radius 1 is 1.46 bits per heavy atom. The van der Waals surface area contributed by atoms with E-state index in [-0.39, 0.29) is 10.9 Å². The van der Waals surface area contributed by atoms with E-state index < -0.39 is 0 Å². The summed E-state index contributed by atoms with van der Waals surface area (Å²) in [7, 11) is 0. The second-order valence-corrected chi connectivity index (χ2v) is 4.13. The number of carbonyl (C=O) groups is 2. The van der Waals surface area contributed by atoms with Crippen LogP contribution in [0.1, 0.15) is 22.8 Å². The molecule has 0 radical (unpaired) electrons. The van der Waals surface area contributed by atoms with Gasteiger partial charge in [0.2, 0.25) is 0 Å². The Balaban J connectivity index is 2.45. The standard InChI is InChI=1S/C10H8O2S/c1-6(11)7-2-3-8-5-10(12)13-9(8)4-7/h2-4H,5H2,1H3. The Morgan fingerprint density at radius 2 is 2.23 bits per heavy atom. The average molecular weight is 192 g/mol. The number of hydrogen-bond acceptors (Lipinski definition) is 3. The second-order valence-electron chi connectivity index (χ2n) is 3.03. The molecule has 13 heavy (non-hydrogen) atoms. The molecule has 0 spiro atoms. The van der Waals surface area contributed by atoms with E-state index >= 15 is 0 Å². The number of hydrogen-bond donors (Lipinski definition) is 0. The zero-order valence-corrected chi connectivity index (χ0v) is 7.98. The SMILES string of the molecule is CC(=O)c1ccc2c(c1)SC(=O)C2. The summed E-state index contributed by atoms with van der Waals surface area (Å²) in [5.41, 5.74) is 1.72. The summed E-state index contributed by atoms with van der Waals surface area (Å²) in [5, 5.41) is 0.163. The van der Waals surface area contributed by atoms with Gasteiger partial charge in [-0.1, -0.05) is 23.9 Å². The molecule has 1 aliphatic heterocycles. The van der Waals surface area contributed by atoms with Crippen molar-refractivity contribution in [2.45, 2.75) is 18.2 Å². The topological polar surface area (TPSA) is 34.1 Å². The van der Waals surface area contributed by atoms with Crippen molar-refractivity contribution in [3.8, 4) is 0 Å². The van der Waals surface area contributed by atoms with Crippen molar-refractivity contribution in [3.63, 3.8) is 0 Å². The van der Waals surface area contributed by atoms with Crippen LogP contribution in [0.15, 0.2) is 23.1 Å². The monoisotopic (exact) mass is 192 g/mol. The fraction of sp³-hybridized carbons (Fsp3) is 0.200. The van der Waals surface area contributed by atoms with Gasteiger partial charge in [0, 0.05) is 16.9 Å². The van der Waals surface area contributed by atoms with E-state index in [0.717, 1.165) is 10.5 Å². The minimum absolute atomic E-state index is 0.0442. The fourth-order valence-electron chi connectivity index (χ4n) is 1.33. The lowest BCUT2D eigenvalue weighted by molar-refractivity contribution is -0.110. The second kappa shape index (κ2) is 3.00. The third kappa shape index (κ3) is 1.52. The molecule has 1 heterocycles. The quantitative estimate of drug-likeness (QED) is 0.639. The summed E-state index contributed by atoms with van der Waals surface area (Å²) in [6.45, 7) is 1.53. The van der Waals surface area contributed by atoms with E-state index in [1.54, 1.807) is 12.1 Å². The van der Waals surface area contributed by atoms with E-state index in [2.05, 4.69) is 0 Å². The molecule has 0 saturated heterocycles. The minimum Gasteiger partial charge on any atom is -0.295 e. The number of benzene rings is 1. The van der Waals surface area contributed by atoms with Gasteiger partial charge in [-0.3, -0.25) is 9.59 Å². The summed E-state index contributed by atoms with van der Waals surface area (Å²) in [6.07, 6.45) is 0.498. The maximum absolute atomic E-state index is 11.1. The largest absolute Gasteiger partial charge is 0.295 e. The van der Waals surface area contributed by atoms with Crippen LogP contribution in [0.3, 0.4) is 0 Å². The van der Waals surface area contributed by atoms with Crippen LogP contribution in [0.25, 0.3) is 0 Å².